The SMILES string of the molecule is CCCCCCCCCCCOC(=O)CCC(=O)Oc1c(Cl)c(Cl)cc(Cl)c1Cl. The third-order valence-corrected chi connectivity index (χ3v) is 5.87. The molecule has 1 aromatic rings. The number of hydrogen-bond acceptors (Lipinski definition) is 4. The molecule has 0 unspecified atom stereocenters. The maximum Gasteiger partial charge on any atom is 0.311 e. The van der Waals surface area contributed by atoms with Gasteiger partial charge in [-0.3, -0.25) is 9.59 Å². The molecule has 0 N–H and O–H groups in total. The van der Waals surface area contributed by atoms with Gasteiger partial charge in [0.15, 0.2) is 5.75 Å². The Morgan fingerprint density at radius 1 is 0.759 bits per heavy atom. The largest absolute Gasteiger partial charge is 0.466 e. The summed E-state index contributed by atoms with van der Waals surface area (Å²) in [6.07, 6.45) is 10.5. The number of unbranched alkanes of at least 4 members (excludes halogenated alkanes) is 8. The zero-order valence-corrected chi connectivity index (χ0v) is 19.7. The molecule has 0 aromatic heterocycles. The minimum atomic E-state index is -0.674. The number of benzene rings is 1. The van der Waals surface area contributed by atoms with Gasteiger partial charge >= 0.3 is 11.9 Å². The van der Waals surface area contributed by atoms with Gasteiger partial charge in [-0.15, -0.1) is 0 Å². The molecule has 0 fully saturated rings. The summed E-state index contributed by atoms with van der Waals surface area (Å²) in [6, 6.07) is 1.36. The zero-order chi connectivity index (χ0) is 21.6. The second kappa shape index (κ2) is 15.2. The van der Waals surface area contributed by atoms with Crippen LogP contribution in [0.15, 0.2) is 6.07 Å². The Morgan fingerprint density at radius 2 is 1.24 bits per heavy atom. The van der Waals surface area contributed by atoms with Crippen LogP contribution in [0.1, 0.15) is 77.6 Å². The van der Waals surface area contributed by atoms with Crippen molar-refractivity contribution >= 4 is 58.3 Å². The molecular weight excluding hydrogens is 458 g/mol. The summed E-state index contributed by atoms with van der Waals surface area (Å²) >= 11 is 23.8. The Kier molecular flexibility index (Phi) is 13.8. The highest BCUT2D eigenvalue weighted by Crippen LogP contribution is 2.42. The van der Waals surface area contributed by atoms with E-state index in [0.717, 1.165) is 19.3 Å². The number of esters is 2. The molecule has 0 saturated carbocycles. The summed E-state index contributed by atoms with van der Waals surface area (Å²) in [5.41, 5.74) is 0. The van der Waals surface area contributed by atoms with Crippen LogP contribution in [0.4, 0.5) is 0 Å². The van der Waals surface area contributed by atoms with Crippen molar-refractivity contribution in [2.45, 2.75) is 77.6 Å². The fraction of sp³-hybridized carbons (Fsp3) is 0.619. The number of halogens is 4. The molecule has 164 valence electrons. The molecule has 29 heavy (non-hydrogen) atoms. The number of carbonyl (C=O) groups is 2. The molecule has 0 spiro atoms. The molecule has 1 aromatic carbocycles. The molecule has 8 heteroatoms. The molecule has 0 heterocycles. The third-order valence-electron chi connectivity index (χ3n) is 4.33. The molecule has 0 aliphatic carbocycles. The van der Waals surface area contributed by atoms with Gasteiger partial charge in [0.05, 0.1) is 29.5 Å². The van der Waals surface area contributed by atoms with Crippen molar-refractivity contribution in [2.75, 3.05) is 6.61 Å². The number of rotatable bonds is 14. The normalized spacial score (nSPS) is 10.8. The third kappa shape index (κ3) is 10.8. The summed E-state index contributed by atoms with van der Waals surface area (Å²) in [5, 5.41) is 0.207. The van der Waals surface area contributed by atoms with E-state index in [1.54, 1.807) is 0 Å². The first-order valence-corrected chi connectivity index (χ1v) is 11.6. The molecule has 0 aliphatic heterocycles. The van der Waals surface area contributed by atoms with Gasteiger partial charge in [-0.05, 0) is 12.5 Å². The minimum absolute atomic E-state index is 0.0117. The van der Waals surface area contributed by atoms with Gasteiger partial charge in [0, 0.05) is 0 Å². The van der Waals surface area contributed by atoms with E-state index < -0.39 is 11.9 Å². The predicted octanol–water partition coefficient (Wildman–Crippen LogP) is 8.06. The Labute approximate surface area is 193 Å². The fourth-order valence-corrected chi connectivity index (χ4v) is 3.55. The Hall–Kier alpha value is -0.680. The van der Waals surface area contributed by atoms with Crippen LogP contribution in [0, 0.1) is 0 Å². The average molecular weight is 486 g/mol. The van der Waals surface area contributed by atoms with E-state index >= 15 is 0 Å². The molecule has 0 atom stereocenters. The van der Waals surface area contributed by atoms with Crippen molar-refractivity contribution in [3.05, 3.63) is 26.2 Å². The molecule has 0 amide bonds. The highest BCUT2D eigenvalue weighted by atomic mass is 35.5. The van der Waals surface area contributed by atoms with Crippen LogP contribution >= 0.6 is 46.4 Å². The number of hydrogen-bond donors (Lipinski definition) is 0. The van der Waals surface area contributed by atoms with Crippen LogP contribution in [0.2, 0.25) is 20.1 Å². The monoisotopic (exact) mass is 484 g/mol. The molecule has 0 aliphatic rings. The summed E-state index contributed by atoms with van der Waals surface area (Å²) in [5.74, 6) is -1.23. The second-order valence-corrected chi connectivity index (χ2v) is 8.39. The molecule has 0 saturated heterocycles. The summed E-state index contributed by atoms with van der Waals surface area (Å²) < 4.78 is 10.3. The van der Waals surface area contributed by atoms with E-state index in [1.807, 2.05) is 0 Å². The number of ether oxygens (including phenoxy) is 2. The van der Waals surface area contributed by atoms with Crippen molar-refractivity contribution in [2.24, 2.45) is 0 Å². The van der Waals surface area contributed by atoms with E-state index in [9.17, 15) is 9.59 Å². The predicted molar refractivity (Wildman–Crippen MR) is 120 cm³/mol. The Bertz CT molecular complexity index is 638. The first kappa shape index (κ1) is 26.4. The van der Waals surface area contributed by atoms with Gasteiger partial charge in [-0.1, -0.05) is 105 Å². The van der Waals surface area contributed by atoms with Gasteiger partial charge in [-0.25, -0.2) is 0 Å². The first-order valence-electron chi connectivity index (χ1n) is 10.1. The lowest BCUT2D eigenvalue weighted by molar-refractivity contribution is -0.147. The van der Waals surface area contributed by atoms with Gasteiger partial charge in [0.1, 0.15) is 10.0 Å². The van der Waals surface area contributed by atoms with Gasteiger partial charge in [0.25, 0.3) is 0 Å². The van der Waals surface area contributed by atoms with E-state index in [4.69, 9.17) is 55.9 Å². The fourth-order valence-electron chi connectivity index (χ4n) is 2.68. The first-order chi connectivity index (χ1) is 13.9. The van der Waals surface area contributed by atoms with E-state index in [1.165, 1.54) is 44.6 Å². The quantitative estimate of drug-likeness (QED) is 0.116. The lowest BCUT2D eigenvalue weighted by Gasteiger charge is -2.10. The van der Waals surface area contributed by atoms with Crippen molar-refractivity contribution in [3.63, 3.8) is 0 Å². The van der Waals surface area contributed by atoms with Crippen molar-refractivity contribution in [3.8, 4) is 5.75 Å². The summed E-state index contributed by atoms with van der Waals surface area (Å²) in [6.45, 7) is 2.58. The zero-order valence-electron chi connectivity index (χ0n) is 16.7. The molecule has 0 radical (unpaired) electrons. The summed E-state index contributed by atoms with van der Waals surface area (Å²) in [4.78, 5) is 23.7. The Balaban J connectivity index is 2.17. The Morgan fingerprint density at radius 3 is 1.79 bits per heavy atom. The van der Waals surface area contributed by atoms with Crippen LogP contribution < -0.4 is 4.74 Å². The van der Waals surface area contributed by atoms with Crippen LogP contribution in [0.3, 0.4) is 0 Å². The lowest BCUT2D eigenvalue weighted by atomic mass is 10.1. The average Bonchev–Trinajstić information content (AvgIpc) is 2.69. The topological polar surface area (TPSA) is 52.6 Å². The van der Waals surface area contributed by atoms with E-state index in [-0.39, 0.29) is 38.7 Å². The highest BCUT2D eigenvalue weighted by molar-refractivity contribution is 6.48. The van der Waals surface area contributed by atoms with E-state index in [0.29, 0.717) is 6.61 Å². The van der Waals surface area contributed by atoms with Crippen molar-refractivity contribution < 1.29 is 19.1 Å². The van der Waals surface area contributed by atoms with Crippen LogP contribution in [0.25, 0.3) is 0 Å². The molecule has 1 rings (SSSR count). The van der Waals surface area contributed by atoms with Gasteiger partial charge in [0.2, 0.25) is 0 Å². The molecule has 4 nitrogen and oxygen atoms in total. The smallest absolute Gasteiger partial charge is 0.311 e. The molecule has 0 bridgehead atoms. The van der Waals surface area contributed by atoms with Crippen molar-refractivity contribution in [1.82, 2.24) is 0 Å². The van der Waals surface area contributed by atoms with Crippen LogP contribution in [0.5, 0.6) is 5.75 Å². The highest BCUT2D eigenvalue weighted by Gasteiger charge is 2.19. The standard InChI is InChI=1S/C21H28Cl4O4/c1-2-3-4-5-6-7-8-9-10-13-28-17(26)11-12-18(27)29-21-19(24)15(22)14-16(23)20(21)25/h14H,2-13H2,1H3. The van der Waals surface area contributed by atoms with Gasteiger partial charge in [-0.2, -0.15) is 0 Å². The lowest BCUT2D eigenvalue weighted by Crippen LogP contribution is -2.13. The van der Waals surface area contributed by atoms with Gasteiger partial charge < -0.3 is 9.47 Å². The second-order valence-electron chi connectivity index (χ2n) is 6.82. The minimum Gasteiger partial charge on any atom is -0.466 e. The molecular formula is C21H28Cl4O4. The van der Waals surface area contributed by atoms with Crippen LogP contribution in [-0.2, 0) is 14.3 Å². The summed E-state index contributed by atoms with van der Waals surface area (Å²) in [7, 11) is 0. The van der Waals surface area contributed by atoms with Crippen LogP contribution in [-0.4, -0.2) is 18.5 Å². The maximum atomic E-state index is 12.0. The van der Waals surface area contributed by atoms with Crippen molar-refractivity contribution in [1.29, 1.82) is 0 Å². The van der Waals surface area contributed by atoms with E-state index in [2.05, 4.69) is 6.92 Å². The number of carbonyl (C=O) groups excluding carboxylic acids is 2. The maximum absolute atomic E-state index is 12.0.